The van der Waals surface area contributed by atoms with Crippen molar-refractivity contribution in [3.63, 3.8) is 0 Å². The molecule has 0 bridgehead atoms. The van der Waals surface area contributed by atoms with E-state index in [9.17, 15) is 4.79 Å². The summed E-state index contributed by atoms with van der Waals surface area (Å²) in [6, 6.07) is 15.3. The Kier molecular flexibility index (Phi) is 5.70. The Balaban J connectivity index is 1.97. The summed E-state index contributed by atoms with van der Waals surface area (Å²) in [4.78, 5) is 13.3. The van der Waals surface area contributed by atoms with E-state index in [4.69, 9.17) is 4.74 Å². The van der Waals surface area contributed by atoms with Crippen LogP contribution in [0.15, 0.2) is 57.9 Å². The fourth-order valence-corrected chi connectivity index (χ4v) is 2.85. The van der Waals surface area contributed by atoms with Gasteiger partial charge >= 0.3 is 0 Å². The van der Waals surface area contributed by atoms with Crippen LogP contribution < -0.4 is 10.1 Å². The number of amides is 1. The molecule has 1 atom stereocenters. The maximum atomic E-state index is 12.2. The summed E-state index contributed by atoms with van der Waals surface area (Å²) in [5.74, 6) is 0.692. The number of rotatable bonds is 5. The summed E-state index contributed by atoms with van der Waals surface area (Å²) in [5.41, 5.74) is 0.739. The quantitative estimate of drug-likeness (QED) is 0.788. The second kappa shape index (κ2) is 7.52. The largest absolute Gasteiger partial charge is 0.497 e. The van der Waals surface area contributed by atoms with Crippen LogP contribution in [0, 0.1) is 0 Å². The van der Waals surface area contributed by atoms with Gasteiger partial charge in [0.2, 0.25) is 5.91 Å². The lowest BCUT2D eigenvalue weighted by Gasteiger charge is -2.12. The molecular weight excluding hydrogens is 350 g/mol. The monoisotopic (exact) mass is 365 g/mol. The molecule has 0 saturated carbocycles. The molecule has 0 aromatic heterocycles. The van der Waals surface area contributed by atoms with Crippen LogP contribution in [0.4, 0.5) is 5.69 Å². The Hall–Kier alpha value is -1.46. The Labute approximate surface area is 137 Å². The zero-order valence-electron chi connectivity index (χ0n) is 11.8. The fourth-order valence-electron chi connectivity index (χ4n) is 1.72. The van der Waals surface area contributed by atoms with E-state index >= 15 is 0 Å². The highest BCUT2D eigenvalue weighted by Gasteiger charge is 2.14. The Morgan fingerprint density at radius 1 is 1.24 bits per heavy atom. The molecule has 0 spiro atoms. The summed E-state index contributed by atoms with van der Waals surface area (Å²) >= 11 is 4.92. The van der Waals surface area contributed by atoms with Gasteiger partial charge < -0.3 is 10.1 Å². The van der Waals surface area contributed by atoms with Crippen LogP contribution in [0.3, 0.4) is 0 Å². The number of halogens is 1. The van der Waals surface area contributed by atoms with E-state index < -0.39 is 0 Å². The SMILES string of the molecule is COc1cccc(NC(=O)C(C)Sc2ccc(Br)cc2)c1. The van der Waals surface area contributed by atoms with Crippen molar-refractivity contribution in [3.05, 3.63) is 53.0 Å². The molecule has 0 aliphatic carbocycles. The average molecular weight is 366 g/mol. The molecule has 0 heterocycles. The molecule has 2 rings (SSSR count). The van der Waals surface area contributed by atoms with E-state index in [0.717, 1.165) is 20.8 Å². The predicted molar refractivity (Wildman–Crippen MR) is 91.1 cm³/mol. The number of ether oxygens (including phenoxy) is 1. The number of thioether (sulfide) groups is 1. The smallest absolute Gasteiger partial charge is 0.237 e. The van der Waals surface area contributed by atoms with Gasteiger partial charge in [0.15, 0.2) is 0 Å². The third kappa shape index (κ3) is 4.79. The van der Waals surface area contributed by atoms with Gasteiger partial charge in [-0.15, -0.1) is 11.8 Å². The van der Waals surface area contributed by atoms with Crippen LogP contribution in [0.1, 0.15) is 6.92 Å². The summed E-state index contributed by atoms with van der Waals surface area (Å²) in [7, 11) is 1.60. The van der Waals surface area contributed by atoms with Gasteiger partial charge in [-0.1, -0.05) is 22.0 Å². The van der Waals surface area contributed by atoms with Gasteiger partial charge in [-0.2, -0.15) is 0 Å². The van der Waals surface area contributed by atoms with Crippen LogP contribution >= 0.6 is 27.7 Å². The molecule has 0 fully saturated rings. The van der Waals surface area contributed by atoms with E-state index in [1.165, 1.54) is 11.8 Å². The fraction of sp³-hybridized carbons (Fsp3) is 0.188. The number of benzene rings is 2. The number of nitrogens with one attached hydrogen (secondary N) is 1. The molecule has 0 aliphatic heterocycles. The second-order valence-electron chi connectivity index (χ2n) is 4.44. The highest BCUT2D eigenvalue weighted by atomic mass is 79.9. The van der Waals surface area contributed by atoms with Gasteiger partial charge in [-0.05, 0) is 43.3 Å². The van der Waals surface area contributed by atoms with Crippen LogP contribution in [0.25, 0.3) is 0 Å². The molecule has 1 N–H and O–H groups in total. The van der Waals surface area contributed by atoms with Crippen molar-refractivity contribution in [1.82, 2.24) is 0 Å². The Morgan fingerprint density at radius 2 is 1.95 bits per heavy atom. The maximum absolute atomic E-state index is 12.2. The molecule has 21 heavy (non-hydrogen) atoms. The van der Waals surface area contributed by atoms with Crippen molar-refractivity contribution in [2.45, 2.75) is 17.1 Å². The maximum Gasteiger partial charge on any atom is 0.237 e. The van der Waals surface area contributed by atoms with E-state index in [2.05, 4.69) is 21.2 Å². The number of hydrogen-bond acceptors (Lipinski definition) is 3. The lowest BCUT2D eigenvalue weighted by Crippen LogP contribution is -2.22. The van der Waals surface area contributed by atoms with Gasteiger partial charge in [0.05, 0.1) is 12.4 Å². The van der Waals surface area contributed by atoms with Crippen molar-refractivity contribution in [1.29, 1.82) is 0 Å². The zero-order valence-corrected chi connectivity index (χ0v) is 14.2. The zero-order chi connectivity index (χ0) is 15.2. The van der Waals surface area contributed by atoms with Gasteiger partial charge in [0, 0.05) is 21.1 Å². The minimum absolute atomic E-state index is 0.0313. The predicted octanol–water partition coefficient (Wildman–Crippen LogP) is 4.58. The first-order valence-corrected chi connectivity index (χ1v) is 8.13. The first-order valence-electron chi connectivity index (χ1n) is 6.45. The lowest BCUT2D eigenvalue weighted by molar-refractivity contribution is -0.115. The molecule has 5 heteroatoms. The van der Waals surface area contributed by atoms with Crippen molar-refractivity contribution >= 4 is 39.3 Å². The van der Waals surface area contributed by atoms with Crippen molar-refractivity contribution < 1.29 is 9.53 Å². The van der Waals surface area contributed by atoms with Crippen LogP contribution in [0.2, 0.25) is 0 Å². The summed E-state index contributed by atoms with van der Waals surface area (Å²) in [6.45, 7) is 1.89. The molecule has 0 aliphatic rings. The number of hydrogen-bond donors (Lipinski definition) is 1. The second-order valence-corrected chi connectivity index (χ2v) is 6.77. The molecule has 0 radical (unpaired) electrons. The lowest BCUT2D eigenvalue weighted by atomic mass is 10.3. The summed E-state index contributed by atoms with van der Waals surface area (Å²) in [6.07, 6.45) is 0. The number of anilines is 1. The average Bonchev–Trinajstić information content (AvgIpc) is 2.49. The number of methoxy groups -OCH3 is 1. The van der Waals surface area contributed by atoms with E-state index in [0.29, 0.717) is 0 Å². The van der Waals surface area contributed by atoms with Crippen LogP contribution in [-0.2, 0) is 4.79 Å². The van der Waals surface area contributed by atoms with Crippen molar-refractivity contribution in [3.8, 4) is 5.75 Å². The van der Waals surface area contributed by atoms with Gasteiger partial charge in [0.1, 0.15) is 5.75 Å². The van der Waals surface area contributed by atoms with Crippen molar-refractivity contribution in [2.75, 3.05) is 12.4 Å². The van der Waals surface area contributed by atoms with Crippen LogP contribution in [-0.4, -0.2) is 18.3 Å². The summed E-state index contributed by atoms with van der Waals surface area (Å²) in [5, 5.41) is 2.72. The van der Waals surface area contributed by atoms with Gasteiger partial charge in [-0.3, -0.25) is 4.79 Å². The van der Waals surface area contributed by atoms with Gasteiger partial charge in [0.25, 0.3) is 0 Å². The third-order valence-corrected chi connectivity index (χ3v) is 4.47. The molecule has 110 valence electrons. The number of carbonyl (C=O) groups excluding carboxylic acids is 1. The van der Waals surface area contributed by atoms with Crippen LogP contribution in [0.5, 0.6) is 5.75 Å². The molecule has 3 nitrogen and oxygen atoms in total. The molecule has 1 amide bonds. The van der Waals surface area contributed by atoms with E-state index in [1.807, 2.05) is 49.4 Å². The summed E-state index contributed by atoms with van der Waals surface area (Å²) < 4.78 is 6.17. The molecular formula is C16H16BrNO2S. The number of carbonyl (C=O) groups is 1. The van der Waals surface area contributed by atoms with Gasteiger partial charge in [-0.25, -0.2) is 0 Å². The Morgan fingerprint density at radius 3 is 2.62 bits per heavy atom. The normalized spacial score (nSPS) is 11.8. The first-order chi connectivity index (χ1) is 10.1. The van der Waals surface area contributed by atoms with E-state index in [1.54, 1.807) is 13.2 Å². The minimum atomic E-state index is -0.183. The Bertz CT molecular complexity index is 616. The third-order valence-electron chi connectivity index (χ3n) is 2.83. The highest BCUT2D eigenvalue weighted by molar-refractivity contribution is 9.10. The topological polar surface area (TPSA) is 38.3 Å². The molecule has 2 aromatic carbocycles. The highest BCUT2D eigenvalue weighted by Crippen LogP contribution is 2.26. The van der Waals surface area contributed by atoms with Crippen molar-refractivity contribution in [2.24, 2.45) is 0 Å². The minimum Gasteiger partial charge on any atom is -0.497 e. The van der Waals surface area contributed by atoms with E-state index in [-0.39, 0.29) is 11.2 Å². The standard InChI is InChI=1S/C16H16BrNO2S/c1-11(21-15-8-6-12(17)7-9-15)16(19)18-13-4-3-5-14(10-13)20-2/h3-11H,1-2H3,(H,18,19). The molecule has 1 unspecified atom stereocenters. The molecule has 0 saturated heterocycles. The first kappa shape index (κ1) is 15.9. The molecule has 2 aromatic rings.